The van der Waals surface area contributed by atoms with E-state index in [1.807, 2.05) is 36.0 Å². The average molecular weight is 398 g/mol. The third-order valence-corrected chi connectivity index (χ3v) is 5.96. The SMILES string of the molecule is CC(C)N(CCOc1ccc(CC2CSCN2)cc1)c1nc2ccccc2o1. The second-order valence-electron chi connectivity index (χ2n) is 7.36. The summed E-state index contributed by atoms with van der Waals surface area (Å²) in [7, 11) is 0. The second-order valence-corrected chi connectivity index (χ2v) is 8.39. The van der Waals surface area contributed by atoms with Crippen molar-refractivity contribution >= 4 is 28.9 Å². The van der Waals surface area contributed by atoms with Crippen LogP contribution in [-0.2, 0) is 6.42 Å². The summed E-state index contributed by atoms with van der Waals surface area (Å²) in [5.74, 6) is 3.16. The number of benzene rings is 2. The highest BCUT2D eigenvalue weighted by atomic mass is 32.2. The van der Waals surface area contributed by atoms with Crippen LogP contribution in [0.15, 0.2) is 52.9 Å². The van der Waals surface area contributed by atoms with Crippen molar-refractivity contribution in [1.29, 1.82) is 0 Å². The molecule has 1 aliphatic heterocycles. The Hall–Kier alpha value is -2.18. The van der Waals surface area contributed by atoms with Crippen LogP contribution in [0.5, 0.6) is 5.75 Å². The molecule has 0 spiro atoms. The molecule has 0 radical (unpaired) electrons. The largest absolute Gasteiger partial charge is 0.492 e. The topological polar surface area (TPSA) is 50.5 Å². The van der Waals surface area contributed by atoms with Crippen LogP contribution in [0.4, 0.5) is 6.01 Å². The van der Waals surface area contributed by atoms with Gasteiger partial charge in [-0.1, -0.05) is 24.3 Å². The van der Waals surface area contributed by atoms with Crippen LogP contribution in [0.1, 0.15) is 19.4 Å². The summed E-state index contributed by atoms with van der Waals surface area (Å²) in [4.78, 5) is 6.75. The summed E-state index contributed by atoms with van der Waals surface area (Å²) in [6.07, 6.45) is 1.08. The van der Waals surface area contributed by atoms with E-state index in [0.29, 0.717) is 18.7 Å². The summed E-state index contributed by atoms with van der Waals surface area (Å²) >= 11 is 1.97. The number of aromatic nitrogens is 1. The van der Waals surface area contributed by atoms with E-state index in [1.165, 1.54) is 11.3 Å². The maximum absolute atomic E-state index is 5.98. The fourth-order valence-electron chi connectivity index (χ4n) is 3.39. The maximum atomic E-state index is 5.98. The van der Waals surface area contributed by atoms with E-state index < -0.39 is 0 Å². The van der Waals surface area contributed by atoms with Crippen molar-refractivity contribution in [2.24, 2.45) is 0 Å². The first-order chi connectivity index (χ1) is 13.7. The Morgan fingerprint density at radius 1 is 1.21 bits per heavy atom. The molecule has 3 aromatic rings. The summed E-state index contributed by atoms with van der Waals surface area (Å²) in [6, 6.07) is 17.8. The number of fused-ring (bicyclic) bond motifs is 1. The molecule has 0 bridgehead atoms. The molecule has 2 aromatic carbocycles. The summed E-state index contributed by atoms with van der Waals surface area (Å²) < 4.78 is 11.9. The lowest BCUT2D eigenvalue weighted by Crippen LogP contribution is -2.34. The number of anilines is 1. The zero-order valence-electron chi connectivity index (χ0n) is 16.4. The molecule has 1 aliphatic rings. The van der Waals surface area contributed by atoms with Crippen molar-refractivity contribution in [2.75, 3.05) is 29.7 Å². The monoisotopic (exact) mass is 397 g/mol. The predicted molar refractivity (Wildman–Crippen MR) is 116 cm³/mol. The number of hydrogen-bond acceptors (Lipinski definition) is 6. The van der Waals surface area contributed by atoms with Gasteiger partial charge in [-0.2, -0.15) is 4.98 Å². The smallest absolute Gasteiger partial charge is 0.298 e. The Morgan fingerprint density at radius 2 is 2.04 bits per heavy atom. The summed E-state index contributed by atoms with van der Waals surface area (Å²) in [5, 5.41) is 3.51. The first kappa shape index (κ1) is 19.2. The first-order valence-corrected chi connectivity index (χ1v) is 11.0. The average Bonchev–Trinajstić information content (AvgIpc) is 3.35. The lowest BCUT2D eigenvalue weighted by molar-refractivity contribution is 0.316. The normalized spacial score (nSPS) is 16.8. The summed E-state index contributed by atoms with van der Waals surface area (Å²) in [6.45, 7) is 5.57. The Bertz CT molecular complexity index is 855. The van der Waals surface area contributed by atoms with Gasteiger partial charge < -0.3 is 19.4 Å². The van der Waals surface area contributed by atoms with Gasteiger partial charge in [0.25, 0.3) is 6.01 Å². The molecule has 4 rings (SSSR count). The molecule has 0 aliphatic carbocycles. The first-order valence-electron chi connectivity index (χ1n) is 9.84. The van der Waals surface area contributed by atoms with E-state index in [0.717, 1.165) is 35.7 Å². The number of nitrogens with one attached hydrogen (secondary N) is 1. The van der Waals surface area contributed by atoms with Crippen LogP contribution in [-0.4, -0.2) is 41.8 Å². The van der Waals surface area contributed by atoms with E-state index in [2.05, 4.69) is 53.3 Å². The van der Waals surface area contributed by atoms with E-state index in [4.69, 9.17) is 9.15 Å². The van der Waals surface area contributed by atoms with Crippen molar-refractivity contribution in [3.8, 4) is 5.75 Å². The van der Waals surface area contributed by atoms with Crippen molar-refractivity contribution in [3.05, 3.63) is 54.1 Å². The van der Waals surface area contributed by atoms with Gasteiger partial charge in [0, 0.05) is 23.7 Å². The molecule has 28 heavy (non-hydrogen) atoms. The molecule has 1 aromatic heterocycles. The van der Waals surface area contributed by atoms with Crippen LogP contribution >= 0.6 is 11.8 Å². The van der Waals surface area contributed by atoms with Gasteiger partial charge in [0.15, 0.2) is 5.58 Å². The van der Waals surface area contributed by atoms with Gasteiger partial charge in [-0.25, -0.2) is 0 Å². The Morgan fingerprint density at radius 3 is 2.75 bits per heavy atom. The highest BCUT2D eigenvalue weighted by Gasteiger charge is 2.17. The third kappa shape index (κ3) is 4.62. The van der Waals surface area contributed by atoms with E-state index in [-0.39, 0.29) is 6.04 Å². The number of rotatable bonds is 8. The van der Waals surface area contributed by atoms with Crippen molar-refractivity contribution in [2.45, 2.75) is 32.4 Å². The number of thioether (sulfide) groups is 1. The van der Waals surface area contributed by atoms with Crippen LogP contribution in [0.25, 0.3) is 11.1 Å². The number of para-hydroxylation sites is 2. The number of hydrogen-bond donors (Lipinski definition) is 1. The van der Waals surface area contributed by atoms with Crippen molar-refractivity contribution < 1.29 is 9.15 Å². The van der Waals surface area contributed by atoms with Gasteiger partial charge >= 0.3 is 0 Å². The van der Waals surface area contributed by atoms with E-state index in [1.54, 1.807) is 0 Å². The maximum Gasteiger partial charge on any atom is 0.298 e. The molecular weight excluding hydrogens is 370 g/mol. The highest BCUT2D eigenvalue weighted by molar-refractivity contribution is 7.99. The highest BCUT2D eigenvalue weighted by Crippen LogP contribution is 2.23. The van der Waals surface area contributed by atoms with Gasteiger partial charge in [-0.05, 0) is 50.1 Å². The zero-order chi connectivity index (χ0) is 19.3. The van der Waals surface area contributed by atoms with Crippen LogP contribution < -0.4 is 15.0 Å². The fourth-order valence-corrected chi connectivity index (χ4v) is 4.39. The Kier molecular flexibility index (Phi) is 6.07. The van der Waals surface area contributed by atoms with E-state index in [9.17, 15) is 0 Å². The van der Waals surface area contributed by atoms with Gasteiger partial charge in [-0.15, -0.1) is 11.8 Å². The number of oxazole rings is 1. The van der Waals surface area contributed by atoms with Crippen molar-refractivity contribution in [1.82, 2.24) is 10.3 Å². The molecule has 1 saturated heterocycles. The fraction of sp³-hybridized carbons (Fsp3) is 0.409. The quantitative estimate of drug-likeness (QED) is 0.611. The third-order valence-electron chi connectivity index (χ3n) is 4.95. The number of nitrogens with zero attached hydrogens (tertiary/aromatic N) is 2. The molecule has 1 N–H and O–H groups in total. The molecule has 0 saturated carbocycles. The number of ether oxygens (including phenoxy) is 1. The molecule has 1 fully saturated rings. The Labute approximate surface area is 170 Å². The molecule has 6 heteroatoms. The second kappa shape index (κ2) is 8.88. The van der Waals surface area contributed by atoms with Crippen LogP contribution in [0, 0.1) is 0 Å². The minimum Gasteiger partial charge on any atom is -0.492 e. The lowest BCUT2D eigenvalue weighted by Gasteiger charge is -2.24. The van der Waals surface area contributed by atoms with Gasteiger partial charge in [0.2, 0.25) is 0 Å². The minimum atomic E-state index is 0.274. The van der Waals surface area contributed by atoms with Gasteiger partial charge in [0.05, 0.1) is 6.54 Å². The molecule has 5 nitrogen and oxygen atoms in total. The molecule has 1 unspecified atom stereocenters. The zero-order valence-corrected chi connectivity index (χ0v) is 17.2. The Balaban J connectivity index is 1.33. The van der Waals surface area contributed by atoms with Gasteiger partial charge in [-0.3, -0.25) is 0 Å². The standard InChI is InChI=1S/C22H27N3O2S/c1-16(2)25(22-24-20-5-3-4-6-21(20)27-22)11-12-26-19-9-7-17(8-10-19)13-18-14-28-15-23-18/h3-10,16,18,23H,11-15H2,1-2H3. The minimum absolute atomic E-state index is 0.274. The van der Waals surface area contributed by atoms with Crippen LogP contribution in [0.3, 0.4) is 0 Å². The predicted octanol–water partition coefficient (Wildman–Crippen LogP) is 4.33. The molecular formula is C22H27N3O2S. The molecule has 148 valence electrons. The van der Waals surface area contributed by atoms with Crippen molar-refractivity contribution in [3.63, 3.8) is 0 Å². The van der Waals surface area contributed by atoms with Crippen LogP contribution in [0.2, 0.25) is 0 Å². The molecule has 2 heterocycles. The summed E-state index contributed by atoms with van der Waals surface area (Å²) in [5.41, 5.74) is 3.05. The lowest BCUT2D eigenvalue weighted by atomic mass is 10.1. The molecule has 1 atom stereocenters. The van der Waals surface area contributed by atoms with Gasteiger partial charge in [0.1, 0.15) is 17.9 Å². The van der Waals surface area contributed by atoms with E-state index >= 15 is 0 Å². The molecule has 0 amide bonds.